The molecule has 1 amide bonds. The summed E-state index contributed by atoms with van der Waals surface area (Å²) in [6.45, 7) is 1.91. The number of pyridine rings is 1. The number of hydrogen-bond acceptors (Lipinski definition) is 4. The largest absolute Gasteiger partial charge is 0.305 e. The molecule has 2 aromatic heterocycles. The van der Waals surface area contributed by atoms with Crippen molar-refractivity contribution in [3.63, 3.8) is 0 Å². The third-order valence-electron chi connectivity index (χ3n) is 3.16. The average molecular weight is 394 g/mol. The SMILES string of the molecule is Cc1cc(Br)c2nc(C(=O)NS(=O)(=O)c3ccccc3)cn2c1. The van der Waals surface area contributed by atoms with Crippen LogP contribution in [0.15, 0.2) is 58.2 Å². The molecule has 0 bridgehead atoms. The lowest BCUT2D eigenvalue weighted by molar-refractivity contribution is 0.0977. The third-order valence-corrected chi connectivity index (χ3v) is 5.09. The molecule has 2 heterocycles. The maximum Gasteiger partial charge on any atom is 0.285 e. The van der Waals surface area contributed by atoms with Crippen LogP contribution in [0.1, 0.15) is 16.1 Å². The Balaban J connectivity index is 1.94. The van der Waals surface area contributed by atoms with Gasteiger partial charge in [0, 0.05) is 12.4 Å². The Morgan fingerprint density at radius 3 is 2.61 bits per heavy atom. The van der Waals surface area contributed by atoms with E-state index in [1.165, 1.54) is 18.3 Å². The van der Waals surface area contributed by atoms with E-state index < -0.39 is 15.9 Å². The molecule has 6 nitrogen and oxygen atoms in total. The van der Waals surface area contributed by atoms with E-state index in [9.17, 15) is 13.2 Å². The van der Waals surface area contributed by atoms with Crippen molar-refractivity contribution in [2.45, 2.75) is 11.8 Å². The van der Waals surface area contributed by atoms with Crippen molar-refractivity contribution in [2.24, 2.45) is 0 Å². The summed E-state index contributed by atoms with van der Waals surface area (Å²) in [4.78, 5) is 16.4. The fraction of sp³-hybridized carbons (Fsp3) is 0.0667. The Morgan fingerprint density at radius 1 is 1.22 bits per heavy atom. The Hall–Kier alpha value is -2.19. The molecule has 3 aromatic rings. The second-order valence-electron chi connectivity index (χ2n) is 4.97. The van der Waals surface area contributed by atoms with Gasteiger partial charge in [0.2, 0.25) is 0 Å². The van der Waals surface area contributed by atoms with Crippen molar-refractivity contribution in [3.05, 3.63) is 64.5 Å². The topological polar surface area (TPSA) is 80.5 Å². The van der Waals surface area contributed by atoms with Gasteiger partial charge in [-0.15, -0.1) is 0 Å². The molecular weight excluding hydrogens is 382 g/mol. The molecule has 0 aliphatic rings. The van der Waals surface area contributed by atoms with Gasteiger partial charge in [-0.2, -0.15) is 0 Å². The first-order valence-electron chi connectivity index (χ1n) is 6.64. The predicted octanol–water partition coefficient (Wildman–Crippen LogP) is 2.52. The van der Waals surface area contributed by atoms with Crippen LogP contribution in [0.2, 0.25) is 0 Å². The number of hydrogen-bond donors (Lipinski definition) is 1. The van der Waals surface area contributed by atoms with Crippen molar-refractivity contribution in [3.8, 4) is 0 Å². The summed E-state index contributed by atoms with van der Waals surface area (Å²) in [6.07, 6.45) is 3.29. The van der Waals surface area contributed by atoms with E-state index in [-0.39, 0.29) is 10.6 Å². The highest BCUT2D eigenvalue weighted by Gasteiger charge is 2.20. The monoisotopic (exact) mass is 393 g/mol. The maximum atomic E-state index is 12.2. The summed E-state index contributed by atoms with van der Waals surface area (Å²) < 4.78 is 28.8. The van der Waals surface area contributed by atoms with Crippen molar-refractivity contribution in [2.75, 3.05) is 0 Å². The normalized spacial score (nSPS) is 11.6. The van der Waals surface area contributed by atoms with Gasteiger partial charge < -0.3 is 4.40 Å². The van der Waals surface area contributed by atoms with Crippen LogP contribution in [0.5, 0.6) is 0 Å². The molecule has 0 aliphatic carbocycles. The first kappa shape index (κ1) is 15.7. The van der Waals surface area contributed by atoms with Crippen molar-refractivity contribution < 1.29 is 13.2 Å². The number of carbonyl (C=O) groups is 1. The van der Waals surface area contributed by atoms with E-state index in [4.69, 9.17) is 0 Å². The Kier molecular flexibility index (Phi) is 3.95. The number of sulfonamides is 1. The molecule has 0 atom stereocenters. The number of rotatable bonds is 3. The second-order valence-corrected chi connectivity index (χ2v) is 7.51. The maximum absolute atomic E-state index is 12.2. The zero-order valence-corrected chi connectivity index (χ0v) is 14.4. The molecule has 3 rings (SSSR count). The van der Waals surface area contributed by atoms with Crippen molar-refractivity contribution >= 4 is 37.5 Å². The Morgan fingerprint density at radius 2 is 1.91 bits per heavy atom. The average Bonchev–Trinajstić information content (AvgIpc) is 2.92. The first-order chi connectivity index (χ1) is 10.9. The number of fused-ring (bicyclic) bond motifs is 1. The summed E-state index contributed by atoms with van der Waals surface area (Å²) in [5.41, 5.74) is 1.54. The highest BCUT2D eigenvalue weighted by Crippen LogP contribution is 2.19. The van der Waals surface area contributed by atoms with Crippen LogP contribution in [0.3, 0.4) is 0 Å². The minimum Gasteiger partial charge on any atom is -0.305 e. The van der Waals surface area contributed by atoms with Crippen LogP contribution in [0.4, 0.5) is 0 Å². The van der Waals surface area contributed by atoms with E-state index in [2.05, 4.69) is 20.9 Å². The number of benzene rings is 1. The summed E-state index contributed by atoms with van der Waals surface area (Å²) in [6, 6.07) is 9.57. The number of halogens is 1. The summed E-state index contributed by atoms with van der Waals surface area (Å²) in [7, 11) is -3.92. The first-order valence-corrected chi connectivity index (χ1v) is 8.91. The number of aryl methyl sites for hydroxylation is 1. The van der Waals surface area contributed by atoms with Gasteiger partial charge in [-0.25, -0.2) is 18.1 Å². The molecule has 1 N–H and O–H groups in total. The van der Waals surface area contributed by atoms with Crippen LogP contribution < -0.4 is 4.72 Å². The van der Waals surface area contributed by atoms with Crippen molar-refractivity contribution in [1.82, 2.24) is 14.1 Å². The molecular formula is C15H12BrN3O3S. The number of carbonyl (C=O) groups excluding carboxylic acids is 1. The lowest BCUT2D eigenvalue weighted by Gasteiger charge is -2.04. The smallest absolute Gasteiger partial charge is 0.285 e. The van der Waals surface area contributed by atoms with E-state index in [0.717, 1.165) is 10.0 Å². The molecule has 8 heteroatoms. The van der Waals surface area contributed by atoms with Crippen LogP contribution in [0.25, 0.3) is 5.65 Å². The van der Waals surface area contributed by atoms with E-state index in [1.807, 2.05) is 17.7 Å². The summed E-state index contributed by atoms with van der Waals surface area (Å²) >= 11 is 3.37. The molecule has 0 saturated carbocycles. The molecule has 0 spiro atoms. The second kappa shape index (κ2) is 5.78. The lowest BCUT2D eigenvalue weighted by Crippen LogP contribution is -2.30. The van der Waals surface area contributed by atoms with Gasteiger partial charge in [-0.05, 0) is 46.6 Å². The van der Waals surface area contributed by atoms with Crippen LogP contribution in [0, 0.1) is 6.92 Å². The summed E-state index contributed by atoms with van der Waals surface area (Å²) in [5.74, 6) is -0.776. The predicted molar refractivity (Wildman–Crippen MR) is 88.7 cm³/mol. The minimum absolute atomic E-state index is 0.0224. The minimum atomic E-state index is -3.92. The number of aromatic nitrogens is 2. The molecule has 0 fully saturated rings. The van der Waals surface area contributed by atoms with E-state index >= 15 is 0 Å². The van der Waals surface area contributed by atoms with Gasteiger partial charge in [0.05, 0.1) is 9.37 Å². The fourth-order valence-corrected chi connectivity index (χ4v) is 3.77. The molecule has 0 radical (unpaired) electrons. The van der Waals surface area contributed by atoms with Gasteiger partial charge in [0.1, 0.15) is 5.69 Å². The highest BCUT2D eigenvalue weighted by molar-refractivity contribution is 9.10. The Bertz CT molecular complexity index is 997. The molecule has 0 aliphatic heterocycles. The number of nitrogens with zero attached hydrogens (tertiary/aromatic N) is 2. The zero-order chi connectivity index (χ0) is 16.6. The van der Waals surface area contributed by atoms with E-state index in [0.29, 0.717) is 5.65 Å². The number of imidazole rings is 1. The fourth-order valence-electron chi connectivity index (χ4n) is 2.13. The standard InChI is InChI=1S/C15H12BrN3O3S/c1-10-7-12(16)14-17-13(9-19(14)8-10)15(20)18-23(21,22)11-5-3-2-4-6-11/h2-9H,1H3,(H,18,20). The van der Waals surface area contributed by atoms with Gasteiger partial charge in [-0.1, -0.05) is 18.2 Å². The molecule has 0 unspecified atom stereocenters. The molecule has 23 heavy (non-hydrogen) atoms. The zero-order valence-electron chi connectivity index (χ0n) is 12.0. The van der Waals surface area contributed by atoms with Crippen molar-refractivity contribution in [1.29, 1.82) is 0 Å². The summed E-state index contributed by atoms with van der Waals surface area (Å²) in [5, 5.41) is 0. The molecule has 0 saturated heterocycles. The van der Waals surface area contributed by atoms with Gasteiger partial charge >= 0.3 is 0 Å². The number of nitrogens with one attached hydrogen (secondary N) is 1. The van der Waals surface area contributed by atoms with Crippen LogP contribution in [-0.4, -0.2) is 23.7 Å². The molecule has 118 valence electrons. The Labute approximate surface area is 141 Å². The van der Waals surface area contributed by atoms with Gasteiger partial charge in [0.15, 0.2) is 5.65 Å². The quantitative estimate of drug-likeness (QED) is 0.741. The molecule has 1 aromatic carbocycles. The van der Waals surface area contributed by atoms with Crippen LogP contribution >= 0.6 is 15.9 Å². The number of amides is 1. The lowest BCUT2D eigenvalue weighted by atomic mass is 10.3. The van der Waals surface area contributed by atoms with Gasteiger partial charge in [0.25, 0.3) is 15.9 Å². The third kappa shape index (κ3) is 3.13. The van der Waals surface area contributed by atoms with Crippen LogP contribution in [-0.2, 0) is 10.0 Å². The van der Waals surface area contributed by atoms with Gasteiger partial charge in [-0.3, -0.25) is 4.79 Å². The van der Waals surface area contributed by atoms with E-state index in [1.54, 1.807) is 28.8 Å². The highest BCUT2D eigenvalue weighted by atomic mass is 79.9.